The molecule has 4 N–H and O–H groups in total. The summed E-state index contributed by atoms with van der Waals surface area (Å²) in [4.78, 5) is 10.6. The lowest BCUT2D eigenvalue weighted by Crippen LogP contribution is -2.37. The van der Waals surface area contributed by atoms with E-state index in [1.54, 1.807) is 0 Å². The summed E-state index contributed by atoms with van der Waals surface area (Å²) in [6.07, 6.45) is -0.832. The molecule has 0 aliphatic heterocycles. The molecule has 19 heavy (non-hydrogen) atoms. The highest BCUT2D eigenvalue weighted by Crippen LogP contribution is 2.20. The first-order valence-electron chi connectivity index (χ1n) is 6.04. The summed E-state index contributed by atoms with van der Waals surface area (Å²) in [6, 6.07) is 4.87. The highest BCUT2D eigenvalue weighted by molar-refractivity contribution is 5.66. The van der Waals surface area contributed by atoms with Gasteiger partial charge in [-0.05, 0) is 24.1 Å². The Morgan fingerprint density at radius 1 is 1.32 bits per heavy atom. The molecule has 0 heterocycles. The molecule has 1 aromatic carbocycles. The molecular weight excluding hydrogens is 253 g/mol. The number of rotatable bonds is 8. The van der Waals surface area contributed by atoms with Gasteiger partial charge in [-0.15, -0.1) is 0 Å². The first-order valence-corrected chi connectivity index (χ1v) is 6.04. The quantitative estimate of drug-likeness (QED) is 0.558. The monoisotopic (exact) mass is 271 g/mol. The number of nitrogens with one attached hydrogen (secondary N) is 1. The van der Waals surface area contributed by atoms with Gasteiger partial charge in [-0.25, -0.2) is 4.39 Å². The first kappa shape index (κ1) is 15.6. The van der Waals surface area contributed by atoms with Crippen LogP contribution in [0.3, 0.4) is 0 Å². The fraction of sp³-hybridized carbons (Fsp3) is 0.462. The normalized spacial score (nSPS) is 14.1. The van der Waals surface area contributed by atoms with E-state index >= 15 is 0 Å². The van der Waals surface area contributed by atoms with Gasteiger partial charge in [0, 0.05) is 19.0 Å². The van der Waals surface area contributed by atoms with Crippen molar-refractivity contribution in [2.24, 2.45) is 0 Å². The van der Waals surface area contributed by atoms with Gasteiger partial charge >= 0.3 is 5.97 Å². The fourth-order valence-electron chi connectivity index (χ4n) is 1.79. The van der Waals surface area contributed by atoms with E-state index in [0.29, 0.717) is 5.56 Å². The second-order valence-electron chi connectivity index (χ2n) is 4.21. The van der Waals surface area contributed by atoms with Crippen LogP contribution in [0.1, 0.15) is 24.5 Å². The predicted molar refractivity (Wildman–Crippen MR) is 67.1 cm³/mol. The van der Waals surface area contributed by atoms with Crippen LogP contribution in [0.25, 0.3) is 0 Å². The van der Waals surface area contributed by atoms with Crippen LogP contribution in [0.4, 0.5) is 4.39 Å². The van der Waals surface area contributed by atoms with Crippen LogP contribution in [0, 0.1) is 5.82 Å². The van der Waals surface area contributed by atoms with Crippen molar-refractivity contribution in [3.63, 3.8) is 0 Å². The number of aliphatic hydroxyl groups is 2. The number of aliphatic carboxylic acids is 1. The minimum atomic E-state index is -0.956. The maximum atomic E-state index is 12.8. The Hall–Kier alpha value is -1.50. The van der Waals surface area contributed by atoms with Crippen LogP contribution >= 0.6 is 0 Å². The van der Waals surface area contributed by atoms with E-state index < -0.39 is 23.9 Å². The Kier molecular flexibility index (Phi) is 6.41. The lowest BCUT2D eigenvalue weighted by Gasteiger charge is -2.24. The molecule has 0 spiro atoms. The van der Waals surface area contributed by atoms with Gasteiger partial charge in [0.1, 0.15) is 5.82 Å². The van der Waals surface area contributed by atoms with Gasteiger partial charge in [0.05, 0.1) is 12.7 Å². The molecule has 0 amide bonds. The van der Waals surface area contributed by atoms with Gasteiger partial charge < -0.3 is 20.6 Å². The van der Waals surface area contributed by atoms with Crippen molar-refractivity contribution >= 4 is 5.97 Å². The SMILES string of the molecule is O=C(O)CCC(NCCO)C(O)c1ccc(F)cc1. The van der Waals surface area contributed by atoms with Crippen LogP contribution < -0.4 is 5.32 Å². The molecule has 6 heteroatoms. The Bertz CT molecular complexity index is 396. The molecule has 0 aliphatic rings. The summed E-state index contributed by atoms with van der Waals surface area (Å²) < 4.78 is 12.8. The number of carbonyl (C=O) groups is 1. The van der Waals surface area contributed by atoms with E-state index in [4.69, 9.17) is 10.2 Å². The van der Waals surface area contributed by atoms with E-state index in [9.17, 15) is 14.3 Å². The van der Waals surface area contributed by atoms with Gasteiger partial charge in [0.25, 0.3) is 0 Å². The van der Waals surface area contributed by atoms with Crippen molar-refractivity contribution in [2.75, 3.05) is 13.2 Å². The number of hydrogen-bond donors (Lipinski definition) is 4. The Morgan fingerprint density at radius 3 is 2.47 bits per heavy atom. The van der Waals surface area contributed by atoms with E-state index in [-0.39, 0.29) is 26.0 Å². The third-order valence-electron chi connectivity index (χ3n) is 2.78. The standard InChI is InChI=1S/C13H18FNO4/c14-10-3-1-9(2-4-10)13(19)11(15-7-8-16)5-6-12(17)18/h1-4,11,13,15-16,19H,5-8H2,(H,17,18). The Balaban J connectivity index is 2.71. The van der Waals surface area contributed by atoms with Crippen LogP contribution in [-0.4, -0.2) is 40.5 Å². The van der Waals surface area contributed by atoms with E-state index in [1.165, 1.54) is 24.3 Å². The van der Waals surface area contributed by atoms with E-state index in [1.807, 2.05) is 0 Å². The number of carboxylic acids is 1. The summed E-state index contributed by atoms with van der Waals surface area (Å²) in [5.74, 6) is -1.36. The second kappa shape index (κ2) is 7.83. The maximum Gasteiger partial charge on any atom is 0.303 e. The molecule has 2 unspecified atom stereocenters. The van der Waals surface area contributed by atoms with Crippen molar-refractivity contribution in [2.45, 2.75) is 25.0 Å². The van der Waals surface area contributed by atoms with Crippen LogP contribution in [0.5, 0.6) is 0 Å². The molecule has 106 valence electrons. The van der Waals surface area contributed by atoms with Crippen molar-refractivity contribution < 1.29 is 24.5 Å². The van der Waals surface area contributed by atoms with Crippen LogP contribution in [0.15, 0.2) is 24.3 Å². The zero-order chi connectivity index (χ0) is 14.3. The highest BCUT2D eigenvalue weighted by atomic mass is 19.1. The maximum absolute atomic E-state index is 12.8. The molecule has 0 bridgehead atoms. The average Bonchev–Trinajstić information content (AvgIpc) is 2.39. The summed E-state index contributed by atoms with van der Waals surface area (Å²) in [5.41, 5.74) is 0.502. The Morgan fingerprint density at radius 2 is 1.95 bits per heavy atom. The van der Waals surface area contributed by atoms with Gasteiger partial charge in [-0.1, -0.05) is 12.1 Å². The predicted octanol–water partition coefficient (Wildman–Crippen LogP) is 0.674. The summed E-state index contributed by atoms with van der Waals surface area (Å²) in [6.45, 7) is 0.141. The minimum Gasteiger partial charge on any atom is -0.481 e. The number of carboxylic acid groups (broad SMARTS) is 1. The lowest BCUT2D eigenvalue weighted by atomic mass is 9.98. The summed E-state index contributed by atoms with van der Waals surface area (Å²) in [5, 5.41) is 30.5. The third kappa shape index (κ3) is 5.34. The van der Waals surface area contributed by atoms with Gasteiger partial charge in [-0.2, -0.15) is 0 Å². The molecule has 0 aliphatic carbocycles. The topological polar surface area (TPSA) is 89.8 Å². The molecule has 0 saturated carbocycles. The number of halogens is 1. The van der Waals surface area contributed by atoms with Crippen LogP contribution in [0.2, 0.25) is 0 Å². The molecule has 1 aromatic rings. The fourth-order valence-corrected chi connectivity index (χ4v) is 1.79. The molecule has 0 saturated heterocycles. The molecule has 0 radical (unpaired) electrons. The molecule has 1 rings (SSSR count). The van der Waals surface area contributed by atoms with Crippen molar-refractivity contribution in [1.82, 2.24) is 5.32 Å². The molecule has 0 aromatic heterocycles. The molecule has 2 atom stereocenters. The molecular formula is C13H18FNO4. The van der Waals surface area contributed by atoms with E-state index in [2.05, 4.69) is 5.32 Å². The molecule has 5 nitrogen and oxygen atoms in total. The van der Waals surface area contributed by atoms with Gasteiger partial charge in [-0.3, -0.25) is 4.79 Å². The summed E-state index contributed by atoms with van der Waals surface area (Å²) in [7, 11) is 0. The number of aliphatic hydroxyl groups excluding tert-OH is 2. The zero-order valence-electron chi connectivity index (χ0n) is 10.4. The van der Waals surface area contributed by atoms with Gasteiger partial charge in [0.15, 0.2) is 0 Å². The smallest absolute Gasteiger partial charge is 0.303 e. The van der Waals surface area contributed by atoms with Gasteiger partial charge in [0.2, 0.25) is 0 Å². The van der Waals surface area contributed by atoms with Crippen molar-refractivity contribution in [3.8, 4) is 0 Å². The molecule has 0 fully saturated rings. The van der Waals surface area contributed by atoms with Crippen molar-refractivity contribution in [3.05, 3.63) is 35.6 Å². The number of hydrogen-bond acceptors (Lipinski definition) is 4. The third-order valence-corrected chi connectivity index (χ3v) is 2.78. The zero-order valence-corrected chi connectivity index (χ0v) is 10.4. The minimum absolute atomic E-state index is 0.0959. The Labute approximate surface area is 110 Å². The summed E-state index contributed by atoms with van der Waals surface area (Å²) >= 11 is 0. The second-order valence-corrected chi connectivity index (χ2v) is 4.21. The first-order chi connectivity index (χ1) is 9.04. The lowest BCUT2D eigenvalue weighted by molar-refractivity contribution is -0.137. The average molecular weight is 271 g/mol. The van der Waals surface area contributed by atoms with Crippen LogP contribution in [-0.2, 0) is 4.79 Å². The highest BCUT2D eigenvalue weighted by Gasteiger charge is 2.21. The van der Waals surface area contributed by atoms with Crippen molar-refractivity contribution in [1.29, 1.82) is 0 Å². The van der Waals surface area contributed by atoms with E-state index in [0.717, 1.165) is 0 Å². The largest absolute Gasteiger partial charge is 0.481 e. The number of benzene rings is 1.